The number of hydrogen-bond donors (Lipinski definition) is 1. The molecule has 130 valence electrons. The molecule has 0 saturated carbocycles. The van der Waals surface area contributed by atoms with E-state index in [0.717, 1.165) is 40.7 Å². The van der Waals surface area contributed by atoms with Crippen LogP contribution in [0.4, 0.5) is 0 Å². The standard InChI is InChI=1S/C20H20ClNO2S/c1-23-20-11-16(12-22-13-18-3-2-10-25-18)6-9-19(20)24-14-15-4-7-17(21)8-5-15/h2-11,22H,12-14H2,1H3. The topological polar surface area (TPSA) is 30.5 Å². The lowest BCUT2D eigenvalue weighted by Gasteiger charge is -2.13. The van der Waals surface area contributed by atoms with Crippen LogP contribution in [0, 0.1) is 0 Å². The van der Waals surface area contributed by atoms with Gasteiger partial charge < -0.3 is 14.8 Å². The highest BCUT2D eigenvalue weighted by molar-refractivity contribution is 7.09. The Morgan fingerprint density at radius 1 is 0.960 bits per heavy atom. The second-order valence-electron chi connectivity index (χ2n) is 5.58. The molecule has 3 rings (SSSR count). The molecule has 0 aliphatic heterocycles. The third-order valence-electron chi connectivity index (χ3n) is 3.74. The quantitative estimate of drug-likeness (QED) is 0.582. The van der Waals surface area contributed by atoms with Crippen molar-refractivity contribution in [2.45, 2.75) is 19.7 Å². The zero-order valence-electron chi connectivity index (χ0n) is 14.0. The maximum atomic E-state index is 5.90. The van der Waals surface area contributed by atoms with Gasteiger partial charge in [0.05, 0.1) is 7.11 Å². The second-order valence-corrected chi connectivity index (χ2v) is 7.05. The van der Waals surface area contributed by atoms with E-state index in [-0.39, 0.29) is 0 Å². The largest absolute Gasteiger partial charge is 0.493 e. The highest BCUT2D eigenvalue weighted by Crippen LogP contribution is 2.29. The van der Waals surface area contributed by atoms with Crippen molar-refractivity contribution in [3.63, 3.8) is 0 Å². The molecule has 0 saturated heterocycles. The molecule has 0 unspecified atom stereocenters. The third-order valence-corrected chi connectivity index (χ3v) is 4.87. The summed E-state index contributed by atoms with van der Waals surface area (Å²) < 4.78 is 11.4. The van der Waals surface area contributed by atoms with Gasteiger partial charge in [-0.3, -0.25) is 0 Å². The van der Waals surface area contributed by atoms with Crippen molar-refractivity contribution >= 4 is 22.9 Å². The molecule has 0 aliphatic carbocycles. The number of rotatable bonds is 8. The SMILES string of the molecule is COc1cc(CNCc2cccs2)ccc1OCc1ccc(Cl)cc1. The lowest BCUT2D eigenvalue weighted by atomic mass is 10.2. The van der Waals surface area contributed by atoms with Crippen LogP contribution in [-0.4, -0.2) is 7.11 Å². The predicted molar refractivity (Wildman–Crippen MR) is 104 cm³/mol. The number of ether oxygens (including phenoxy) is 2. The monoisotopic (exact) mass is 373 g/mol. The molecule has 1 heterocycles. The Morgan fingerprint density at radius 3 is 2.48 bits per heavy atom. The van der Waals surface area contributed by atoms with Crippen LogP contribution in [0.2, 0.25) is 5.02 Å². The minimum absolute atomic E-state index is 0.476. The van der Waals surface area contributed by atoms with Crippen molar-refractivity contribution < 1.29 is 9.47 Å². The zero-order chi connectivity index (χ0) is 17.5. The number of methoxy groups -OCH3 is 1. The average Bonchev–Trinajstić information content (AvgIpc) is 3.15. The number of thiophene rings is 1. The smallest absolute Gasteiger partial charge is 0.161 e. The van der Waals surface area contributed by atoms with Gasteiger partial charge in [0, 0.05) is 23.0 Å². The van der Waals surface area contributed by atoms with Gasteiger partial charge in [-0.05, 0) is 46.8 Å². The fraction of sp³-hybridized carbons (Fsp3) is 0.200. The van der Waals surface area contributed by atoms with Gasteiger partial charge in [-0.1, -0.05) is 35.9 Å². The van der Waals surface area contributed by atoms with Gasteiger partial charge in [-0.25, -0.2) is 0 Å². The molecule has 0 radical (unpaired) electrons. The first kappa shape index (κ1) is 17.8. The zero-order valence-corrected chi connectivity index (χ0v) is 15.6. The van der Waals surface area contributed by atoms with E-state index in [2.05, 4.69) is 28.9 Å². The summed E-state index contributed by atoms with van der Waals surface area (Å²) in [4.78, 5) is 1.33. The summed E-state index contributed by atoms with van der Waals surface area (Å²) in [5, 5.41) is 6.25. The number of benzene rings is 2. The van der Waals surface area contributed by atoms with Crippen molar-refractivity contribution in [1.82, 2.24) is 5.32 Å². The first-order chi connectivity index (χ1) is 12.2. The molecule has 0 atom stereocenters. The molecular weight excluding hydrogens is 354 g/mol. The van der Waals surface area contributed by atoms with Gasteiger partial charge in [0.1, 0.15) is 6.61 Å². The molecule has 0 bridgehead atoms. The summed E-state index contributed by atoms with van der Waals surface area (Å²) in [5.41, 5.74) is 2.22. The Hall–Kier alpha value is -2.01. The number of hydrogen-bond acceptors (Lipinski definition) is 4. The lowest BCUT2D eigenvalue weighted by molar-refractivity contribution is 0.284. The fourth-order valence-corrected chi connectivity index (χ4v) is 3.23. The summed E-state index contributed by atoms with van der Waals surface area (Å²) in [5.74, 6) is 1.48. The normalized spacial score (nSPS) is 10.6. The molecule has 1 aromatic heterocycles. The van der Waals surface area contributed by atoms with E-state index in [0.29, 0.717) is 6.61 Å². The van der Waals surface area contributed by atoms with Gasteiger partial charge in [0.25, 0.3) is 0 Å². The van der Waals surface area contributed by atoms with Crippen molar-refractivity contribution in [3.8, 4) is 11.5 Å². The highest BCUT2D eigenvalue weighted by atomic mass is 35.5. The Balaban J connectivity index is 1.57. The second kappa shape index (κ2) is 8.90. The Bertz CT molecular complexity index is 788. The first-order valence-corrected chi connectivity index (χ1v) is 9.27. The van der Waals surface area contributed by atoms with Gasteiger partial charge >= 0.3 is 0 Å². The Labute approximate surface area is 157 Å². The summed E-state index contributed by atoms with van der Waals surface area (Å²) in [6.45, 7) is 2.13. The van der Waals surface area contributed by atoms with Crippen LogP contribution >= 0.6 is 22.9 Å². The van der Waals surface area contributed by atoms with E-state index in [9.17, 15) is 0 Å². The molecule has 0 aliphatic rings. The molecule has 3 aromatic rings. The summed E-state index contributed by atoms with van der Waals surface area (Å²) in [6.07, 6.45) is 0. The first-order valence-electron chi connectivity index (χ1n) is 8.02. The minimum atomic E-state index is 0.476. The van der Waals surface area contributed by atoms with Crippen molar-refractivity contribution in [3.05, 3.63) is 81.0 Å². The van der Waals surface area contributed by atoms with Crippen molar-refractivity contribution in [1.29, 1.82) is 0 Å². The molecule has 2 aromatic carbocycles. The molecule has 3 nitrogen and oxygen atoms in total. The molecule has 0 fully saturated rings. The Morgan fingerprint density at radius 2 is 1.76 bits per heavy atom. The van der Waals surface area contributed by atoms with Crippen LogP contribution in [0.1, 0.15) is 16.0 Å². The van der Waals surface area contributed by atoms with Crippen LogP contribution in [0.25, 0.3) is 0 Å². The van der Waals surface area contributed by atoms with Gasteiger partial charge in [-0.2, -0.15) is 0 Å². The van der Waals surface area contributed by atoms with Crippen LogP contribution in [0.15, 0.2) is 60.0 Å². The highest BCUT2D eigenvalue weighted by Gasteiger charge is 2.06. The van der Waals surface area contributed by atoms with E-state index in [4.69, 9.17) is 21.1 Å². The summed E-state index contributed by atoms with van der Waals surface area (Å²) in [6, 6.07) is 17.9. The summed E-state index contributed by atoms with van der Waals surface area (Å²) in [7, 11) is 1.66. The van der Waals surface area contributed by atoms with Crippen LogP contribution < -0.4 is 14.8 Å². The van der Waals surface area contributed by atoms with E-state index < -0.39 is 0 Å². The van der Waals surface area contributed by atoms with Crippen molar-refractivity contribution in [2.24, 2.45) is 0 Å². The van der Waals surface area contributed by atoms with E-state index in [1.807, 2.05) is 36.4 Å². The van der Waals surface area contributed by atoms with Crippen LogP contribution in [0.3, 0.4) is 0 Å². The lowest BCUT2D eigenvalue weighted by Crippen LogP contribution is -2.11. The molecule has 1 N–H and O–H groups in total. The molecule has 25 heavy (non-hydrogen) atoms. The van der Waals surface area contributed by atoms with Crippen LogP contribution in [-0.2, 0) is 19.7 Å². The van der Waals surface area contributed by atoms with Gasteiger partial charge in [-0.15, -0.1) is 11.3 Å². The van der Waals surface area contributed by atoms with E-state index in [1.54, 1.807) is 18.4 Å². The maximum Gasteiger partial charge on any atom is 0.161 e. The maximum absolute atomic E-state index is 5.90. The van der Waals surface area contributed by atoms with Crippen molar-refractivity contribution in [2.75, 3.05) is 7.11 Å². The fourth-order valence-electron chi connectivity index (χ4n) is 2.43. The third kappa shape index (κ3) is 5.23. The molecular formula is C20H20ClNO2S. The molecule has 0 spiro atoms. The molecule has 0 amide bonds. The van der Waals surface area contributed by atoms with E-state index >= 15 is 0 Å². The summed E-state index contributed by atoms with van der Waals surface area (Å²) >= 11 is 7.66. The van der Waals surface area contributed by atoms with Gasteiger partial charge in [0.15, 0.2) is 11.5 Å². The Kier molecular flexibility index (Phi) is 6.34. The van der Waals surface area contributed by atoms with Gasteiger partial charge in [0.2, 0.25) is 0 Å². The number of halogens is 1. The minimum Gasteiger partial charge on any atom is -0.493 e. The predicted octanol–water partition coefficient (Wildman–Crippen LogP) is 5.28. The molecule has 5 heteroatoms. The van der Waals surface area contributed by atoms with Crippen LogP contribution in [0.5, 0.6) is 11.5 Å². The van der Waals surface area contributed by atoms with E-state index in [1.165, 1.54) is 4.88 Å². The average molecular weight is 374 g/mol. The number of nitrogens with one attached hydrogen (secondary N) is 1.